The highest BCUT2D eigenvalue weighted by molar-refractivity contribution is 6.28. The summed E-state index contributed by atoms with van der Waals surface area (Å²) in [6.07, 6.45) is 3.02. The van der Waals surface area contributed by atoms with Crippen molar-refractivity contribution in [3.8, 4) is 0 Å². The van der Waals surface area contributed by atoms with Crippen molar-refractivity contribution in [1.82, 2.24) is 14.9 Å². The monoisotopic (exact) mass is 449 g/mol. The molecule has 9 heteroatoms. The highest BCUT2D eigenvalue weighted by atomic mass is 35.5. The molecule has 0 aliphatic carbocycles. The normalized spacial score (nSPS) is 16.7. The van der Waals surface area contributed by atoms with Crippen molar-refractivity contribution in [3.63, 3.8) is 0 Å². The fourth-order valence-electron chi connectivity index (χ4n) is 3.46. The first kappa shape index (κ1) is 23.1. The van der Waals surface area contributed by atoms with E-state index in [-0.39, 0.29) is 23.2 Å². The van der Waals surface area contributed by atoms with Crippen LogP contribution >= 0.6 is 11.6 Å². The van der Waals surface area contributed by atoms with E-state index in [4.69, 9.17) is 16.3 Å². The van der Waals surface area contributed by atoms with E-state index < -0.39 is 5.60 Å². The summed E-state index contributed by atoms with van der Waals surface area (Å²) in [6.45, 7) is 8.87. The maximum Gasteiger partial charge on any atom is 0.410 e. The number of para-hydroxylation sites is 1. The molecule has 168 valence electrons. The van der Waals surface area contributed by atoms with Gasteiger partial charge in [0.05, 0.1) is 5.69 Å². The molecule has 1 aromatic heterocycles. The third-order valence-electron chi connectivity index (χ3n) is 4.93. The van der Waals surface area contributed by atoms with Gasteiger partial charge in [0.2, 0.25) is 5.28 Å². The molecule has 2 N–H and O–H groups in total. The summed E-state index contributed by atoms with van der Waals surface area (Å²) in [6, 6.07) is 4.92. The average molecular weight is 450 g/mol. The first-order valence-corrected chi connectivity index (χ1v) is 10.7. The van der Waals surface area contributed by atoms with E-state index in [1.807, 2.05) is 33.8 Å². The smallest absolute Gasteiger partial charge is 0.410 e. The van der Waals surface area contributed by atoms with E-state index in [0.29, 0.717) is 31.1 Å². The molecule has 1 amide bonds. The van der Waals surface area contributed by atoms with Crippen LogP contribution in [-0.2, 0) is 11.3 Å². The fourth-order valence-corrected chi connectivity index (χ4v) is 3.59. The van der Waals surface area contributed by atoms with Gasteiger partial charge in [0.1, 0.15) is 17.2 Å². The summed E-state index contributed by atoms with van der Waals surface area (Å²) in [5.74, 6) is 0.252. The lowest BCUT2D eigenvalue weighted by Crippen LogP contribution is -2.47. The van der Waals surface area contributed by atoms with E-state index in [1.54, 1.807) is 17.2 Å². The van der Waals surface area contributed by atoms with E-state index >= 15 is 0 Å². The van der Waals surface area contributed by atoms with Gasteiger partial charge in [0.15, 0.2) is 0 Å². The summed E-state index contributed by atoms with van der Waals surface area (Å²) < 4.78 is 19.6. The van der Waals surface area contributed by atoms with E-state index in [0.717, 1.165) is 24.0 Å². The predicted molar refractivity (Wildman–Crippen MR) is 120 cm³/mol. The van der Waals surface area contributed by atoms with Crippen LogP contribution in [0.4, 0.5) is 20.7 Å². The minimum Gasteiger partial charge on any atom is -0.444 e. The molecule has 2 aromatic rings. The number of piperidine rings is 1. The first-order chi connectivity index (χ1) is 14.6. The lowest BCUT2D eigenvalue weighted by molar-refractivity contribution is 0.0206. The summed E-state index contributed by atoms with van der Waals surface area (Å²) in [5, 5.41) is 6.63. The Morgan fingerprint density at radius 1 is 1.39 bits per heavy atom. The maximum atomic E-state index is 14.1. The summed E-state index contributed by atoms with van der Waals surface area (Å²) in [7, 11) is 0. The van der Waals surface area contributed by atoms with Crippen molar-refractivity contribution < 1.29 is 13.9 Å². The van der Waals surface area contributed by atoms with Gasteiger partial charge in [-0.3, -0.25) is 0 Å². The van der Waals surface area contributed by atoms with Crippen molar-refractivity contribution in [3.05, 3.63) is 46.6 Å². The van der Waals surface area contributed by atoms with Gasteiger partial charge in [-0.1, -0.05) is 12.1 Å². The molecule has 1 aromatic carbocycles. The zero-order valence-corrected chi connectivity index (χ0v) is 19.1. The second-order valence-corrected chi connectivity index (χ2v) is 9.05. The number of anilines is 2. The zero-order valence-electron chi connectivity index (χ0n) is 18.3. The molecule has 0 bridgehead atoms. The summed E-state index contributed by atoms with van der Waals surface area (Å²) in [4.78, 5) is 22.5. The molecule has 3 rings (SSSR count). The number of aromatic nitrogens is 2. The molecule has 0 radical (unpaired) electrons. The highest BCUT2D eigenvalue weighted by Crippen LogP contribution is 2.24. The van der Waals surface area contributed by atoms with Crippen molar-refractivity contribution >= 4 is 29.2 Å². The van der Waals surface area contributed by atoms with Gasteiger partial charge in [-0.2, -0.15) is 0 Å². The first-order valence-electron chi connectivity index (χ1n) is 10.4. The largest absolute Gasteiger partial charge is 0.444 e. The Kier molecular flexibility index (Phi) is 7.20. The number of carbonyl (C=O) groups excluding carboxylic acids is 1. The molecule has 0 spiro atoms. The lowest BCUT2D eigenvalue weighted by Gasteiger charge is -2.34. The third kappa shape index (κ3) is 6.43. The number of amides is 1. The van der Waals surface area contributed by atoms with Crippen molar-refractivity contribution in [1.29, 1.82) is 0 Å². The number of halogens is 2. The van der Waals surface area contributed by atoms with Gasteiger partial charge in [-0.05, 0) is 63.8 Å². The Bertz CT molecular complexity index is 914. The van der Waals surface area contributed by atoms with Crippen molar-refractivity contribution in [2.75, 3.05) is 23.7 Å². The molecule has 31 heavy (non-hydrogen) atoms. The van der Waals surface area contributed by atoms with Crippen molar-refractivity contribution in [2.45, 2.75) is 58.7 Å². The fraction of sp³-hybridized carbons (Fsp3) is 0.500. The van der Waals surface area contributed by atoms with Crippen LogP contribution in [0.5, 0.6) is 0 Å². The minimum atomic E-state index is -0.540. The third-order valence-corrected chi connectivity index (χ3v) is 5.11. The Labute approximate surface area is 187 Å². The van der Waals surface area contributed by atoms with E-state index in [2.05, 4.69) is 20.6 Å². The number of carbonyl (C=O) groups is 1. The molecular formula is C22H29ClFN5O2. The molecule has 0 unspecified atom stereocenters. The standard InChI is InChI=1S/C22H29ClFN5O2/c1-14-7-5-9-17(24)18(14)25-11-15-12-26-20(23)28-19(15)27-16-8-6-10-29(13-16)21(30)31-22(2,3)4/h5,7,9,12,16,25H,6,8,10-11,13H2,1-4H3,(H,26,27,28)/t16-/m0/s1. The molecule has 1 aliphatic heterocycles. The Morgan fingerprint density at radius 3 is 2.87 bits per heavy atom. The maximum absolute atomic E-state index is 14.1. The molecule has 0 saturated carbocycles. The number of benzene rings is 1. The van der Waals surface area contributed by atoms with Crippen LogP contribution in [0.1, 0.15) is 44.7 Å². The van der Waals surface area contributed by atoms with Gasteiger partial charge >= 0.3 is 6.09 Å². The number of ether oxygens (including phenoxy) is 1. The molecule has 1 fully saturated rings. The number of aryl methyl sites for hydroxylation is 1. The van der Waals surface area contributed by atoms with Crippen LogP contribution in [0.15, 0.2) is 24.4 Å². The Morgan fingerprint density at radius 2 is 2.16 bits per heavy atom. The van der Waals surface area contributed by atoms with Gasteiger partial charge in [-0.25, -0.2) is 19.2 Å². The lowest BCUT2D eigenvalue weighted by atomic mass is 10.1. The van der Waals surface area contributed by atoms with E-state index in [1.165, 1.54) is 6.07 Å². The zero-order chi connectivity index (χ0) is 22.6. The van der Waals surface area contributed by atoms with Crippen LogP contribution in [0, 0.1) is 12.7 Å². The van der Waals surface area contributed by atoms with Crippen LogP contribution in [-0.4, -0.2) is 45.7 Å². The second-order valence-electron chi connectivity index (χ2n) is 8.71. The number of nitrogens with one attached hydrogen (secondary N) is 2. The predicted octanol–water partition coefficient (Wildman–Crippen LogP) is 5.00. The summed E-state index contributed by atoms with van der Waals surface area (Å²) >= 11 is 6.03. The Balaban J connectivity index is 1.70. The van der Waals surface area contributed by atoms with Gasteiger partial charge in [-0.15, -0.1) is 0 Å². The molecule has 1 aliphatic rings. The number of hydrogen-bond donors (Lipinski definition) is 2. The number of likely N-dealkylation sites (tertiary alicyclic amines) is 1. The van der Waals surface area contributed by atoms with E-state index in [9.17, 15) is 9.18 Å². The topological polar surface area (TPSA) is 79.4 Å². The number of rotatable bonds is 5. The quantitative estimate of drug-likeness (QED) is 0.625. The van der Waals surface area contributed by atoms with Crippen LogP contribution < -0.4 is 10.6 Å². The number of hydrogen-bond acceptors (Lipinski definition) is 6. The molecule has 1 atom stereocenters. The highest BCUT2D eigenvalue weighted by Gasteiger charge is 2.28. The summed E-state index contributed by atoms with van der Waals surface area (Å²) in [5.41, 5.74) is 1.46. The minimum absolute atomic E-state index is 0.0128. The molecular weight excluding hydrogens is 421 g/mol. The molecule has 7 nitrogen and oxygen atoms in total. The van der Waals surface area contributed by atoms with Crippen LogP contribution in [0.25, 0.3) is 0 Å². The van der Waals surface area contributed by atoms with Crippen molar-refractivity contribution in [2.24, 2.45) is 0 Å². The Hall–Kier alpha value is -2.61. The molecule has 1 saturated heterocycles. The average Bonchev–Trinajstić information content (AvgIpc) is 2.68. The van der Waals surface area contributed by atoms with Gasteiger partial charge < -0.3 is 20.3 Å². The number of nitrogens with zero attached hydrogens (tertiary/aromatic N) is 3. The SMILES string of the molecule is Cc1cccc(F)c1NCc1cnc(Cl)nc1N[C@H]1CCCN(C(=O)OC(C)(C)C)C1. The second kappa shape index (κ2) is 9.68. The van der Waals surface area contributed by atoms with Gasteiger partial charge in [0, 0.05) is 37.4 Å². The van der Waals surface area contributed by atoms with Crippen LogP contribution in [0.2, 0.25) is 5.28 Å². The van der Waals surface area contributed by atoms with Gasteiger partial charge in [0.25, 0.3) is 0 Å². The molecule has 2 heterocycles. The van der Waals surface area contributed by atoms with Crippen LogP contribution in [0.3, 0.4) is 0 Å².